The van der Waals surface area contributed by atoms with Crippen LogP contribution >= 0.6 is 0 Å². The Hall–Kier alpha value is -2.02. The summed E-state index contributed by atoms with van der Waals surface area (Å²) in [6, 6.07) is 18.4. The highest BCUT2D eigenvalue weighted by Gasteiger charge is 2.14. The summed E-state index contributed by atoms with van der Waals surface area (Å²) in [6.45, 7) is 0. The van der Waals surface area contributed by atoms with Gasteiger partial charge in [-0.15, -0.1) is 0 Å². The predicted octanol–water partition coefficient (Wildman–Crippen LogP) is 4.31. The maximum Gasteiger partial charge on any atom is 0.0534 e. The van der Waals surface area contributed by atoms with Gasteiger partial charge in [-0.2, -0.15) is 0 Å². The molecule has 2 aromatic carbocycles. The molecule has 0 atom stereocenters. The minimum Gasteiger partial charge on any atom is -0.316 e. The van der Waals surface area contributed by atoms with Gasteiger partial charge in [-0.1, -0.05) is 24.3 Å². The Morgan fingerprint density at radius 3 is 2.89 bits per heavy atom. The van der Waals surface area contributed by atoms with Gasteiger partial charge < -0.3 is 4.57 Å². The lowest BCUT2D eigenvalue weighted by atomic mass is 9.90. The van der Waals surface area contributed by atoms with Crippen LogP contribution in [0.3, 0.4) is 0 Å². The van der Waals surface area contributed by atoms with Crippen LogP contribution < -0.4 is 0 Å². The van der Waals surface area contributed by atoms with Crippen LogP contribution in [0.5, 0.6) is 0 Å². The summed E-state index contributed by atoms with van der Waals surface area (Å²) in [6.07, 6.45) is 7.26. The molecule has 0 saturated heterocycles. The topological polar surface area (TPSA) is 4.93 Å². The van der Waals surface area contributed by atoms with Gasteiger partial charge in [-0.25, -0.2) is 0 Å². The van der Waals surface area contributed by atoms with Crippen molar-refractivity contribution in [3.05, 3.63) is 65.9 Å². The first-order valence-electron chi connectivity index (χ1n) is 7.02. The molecule has 0 aliphatic heterocycles. The Balaban J connectivity index is 1.97. The van der Waals surface area contributed by atoms with E-state index in [1.807, 2.05) is 6.07 Å². The fourth-order valence-electron chi connectivity index (χ4n) is 3.21. The van der Waals surface area contributed by atoms with E-state index in [0.717, 1.165) is 0 Å². The molecule has 0 spiro atoms. The SMILES string of the molecule is [c]1cccc2c1ccn2-c1cccc2c1CCCC2. The van der Waals surface area contributed by atoms with E-state index in [1.54, 1.807) is 0 Å². The van der Waals surface area contributed by atoms with E-state index in [2.05, 4.69) is 53.2 Å². The molecule has 0 amide bonds. The molecule has 0 unspecified atom stereocenters. The van der Waals surface area contributed by atoms with Crippen molar-refractivity contribution in [2.45, 2.75) is 25.7 Å². The maximum atomic E-state index is 3.30. The van der Waals surface area contributed by atoms with Crippen LogP contribution in [0.4, 0.5) is 0 Å². The quantitative estimate of drug-likeness (QED) is 0.603. The molecule has 1 heterocycles. The standard InChI is InChI=1S/C18H16N/c1-3-9-16-14(6-1)8-5-11-18(16)19-13-12-15-7-2-4-10-17(15)19/h2,4-5,8,10-13H,1,3,6,9H2. The first-order valence-corrected chi connectivity index (χ1v) is 7.02. The Bertz CT molecular complexity index is 736. The number of aromatic nitrogens is 1. The van der Waals surface area contributed by atoms with Crippen molar-refractivity contribution in [2.24, 2.45) is 0 Å². The van der Waals surface area contributed by atoms with Crippen LogP contribution in [0, 0.1) is 6.07 Å². The second-order valence-electron chi connectivity index (χ2n) is 5.28. The number of rotatable bonds is 1. The van der Waals surface area contributed by atoms with E-state index in [4.69, 9.17) is 0 Å². The third kappa shape index (κ3) is 1.69. The monoisotopic (exact) mass is 246 g/mol. The Morgan fingerprint density at radius 1 is 0.947 bits per heavy atom. The Labute approximate surface area is 113 Å². The van der Waals surface area contributed by atoms with Gasteiger partial charge in [0.25, 0.3) is 0 Å². The van der Waals surface area contributed by atoms with Crippen LogP contribution in [0.15, 0.2) is 48.7 Å². The maximum absolute atomic E-state index is 3.30. The molecule has 0 N–H and O–H groups in total. The first-order chi connectivity index (χ1) is 9.43. The number of hydrogen-bond donors (Lipinski definition) is 0. The highest BCUT2D eigenvalue weighted by Crippen LogP contribution is 2.29. The highest BCUT2D eigenvalue weighted by atomic mass is 15.0. The van der Waals surface area contributed by atoms with E-state index < -0.39 is 0 Å². The molecular weight excluding hydrogens is 230 g/mol. The van der Waals surface area contributed by atoms with Crippen molar-refractivity contribution >= 4 is 10.9 Å². The predicted molar refractivity (Wildman–Crippen MR) is 78.8 cm³/mol. The van der Waals surface area contributed by atoms with E-state index >= 15 is 0 Å². The minimum absolute atomic E-state index is 1.19. The summed E-state index contributed by atoms with van der Waals surface area (Å²) >= 11 is 0. The summed E-state index contributed by atoms with van der Waals surface area (Å²) in [7, 11) is 0. The second-order valence-corrected chi connectivity index (χ2v) is 5.28. The van der Waals surface area contributed by atoms with Gasteiger partial charge in [0.2, 0.25) is 0 Å². The molecule has 1 radical (unpaired) electrons. The van der Waals surface area contributed by atoms with Gasteiger partial charge in [0.15, 0.2) is 0 Å². The molecule has 1 aliphatic carbocycles. The van der Waals surface area contributed by atoms with Crippen molar-refractivity contribution in [1.29, 1.82) is 0 Å². The zero-order valence-corrected chi connectivity index (χ0v) is 10.9. The molecule has 0 bridgehead atoms. The van der Waals surface area contributed by atoms with Gasteiger partial charge >= 0.3 is 0 Å². The smallest absolute Gasteiger partial charge is 0.0534 e. The number of fused-ring (bicyclic) bond motifs is 2. The fraction of sp³-hybridized carbons (Fsp3) is 0.222. The van der Waals surface area contributed by atoms with Gasteiger partial charge in [-0.3, -0.25) is 0 Å². The molecule has 1 aliphatic rings. The molecule has 1 aromatic heterocycles. The van der Waals surface area contributed by atoms with Gasteiger partial charge in [0.05, 0.1) is 5.52 Å². The summed E-state index contributed by atoms with van der Waals surface area (Å²) in [4.78, 5) is 0. The molecule has 19 heavy (non-hydrogen) atoms. The van der Waals surface area contributed by atoms with E-state index in [0.29, 0.717) is 0 Å². The van der Waals surface area contributed by atoms with Crippen molar-refractivity contribution in [3.63, 3.8) is 0 Å². The summed E-state index contributed by atoms with van der Waals surface area (Å²) in [5.74, 6) is 0. The number of hydrogen-bond acceptors (Lipinski definition) is 0. The van der Waals surface area contributed by atoms with Crippen molar-refractivity contribution < 1.29 is 0 Å². The number of aryl methyl sites for hydroxylation is 1. The molecule has 0 saturated carbocycles. The van der Waals surface area contributed by atoms with Gasteiger partial charge in [-0.05, 0) is 61.1 Å². The molecular formula is C18H16N. The lowest BCUT2D eigenvalue weighted by Crippen LogP contribution is -2.07. The summed E-state index contributed by atoms with van der Waals surface area (Å²) in [5, 5.41) is 1.19. The van der Waals surface area contributed by atoms with Crippen molar-refractivity contribution in [1.82, 2.24) is 4.57 Å². The van der Waals surface area contributed by atoms with Crippen LogP contribution in [0.25, 0.3) is 16.6 Å². The van der Waals surface area contributed by atoms with Gasteiger partial charge in [0, 0.05) is 17.3 Å². The largest absolute Gasteiger partial charge is 0.316 e. The molecule has 4 rings (SSSR count). The minimum atomic E-state index is 1.19. The zero-order chi connectivity index (χ0) is 12.7. The number of benzene rings is 2. The molecule has 1 heteroatoms. The molecule has 0 fully saturated rings. The summed E-state index contributed by atoms with van der Waals surface area (Å²) in [5.41, 5.74) is 5.67. The van der Waals surface area contributed by atoms with E-state index in [1.165, 1.54) is 53.4 Å². The van der Waals surface area contributed by atoms with E-state index in [9.17, 15) is 0 Å². The lowest BCUT2D eigenvalue weighted by Gasteiger charge is -2.20. The molecule has 93 valence electrons. The Kier molecular flexibility index (Phi) is 2.44. The van der Waals surface area contributed by atoms with E-state index in [-0.39, 0.29) is 0 Å². The highest BCUT2D eigenvalue weighted by molar-refractivity contribution is 5.81. The van der Waals surface area contributed by atoms with Crippen LogP contribution in [-0.2, 0) is 12.8 Å². The second kappa shape index (κ2) is 4.27. The first kappa shape index (κ1) is 10.9. The fourth-order valence-corrected chi connectivity index (χ4v) is 3.21. The van der Waals surface area contributed by atoms with Crippen LogP contribution in [-0.4, -0.2) is 4.57 Å². The van der Waals surface area contributed by atoms with Gasteiger partial charge in [0.1, 0.15) is 0 Å². The average Bonchev–Trinajstić information content (AvgIpc) is 2.90. The average molecular weight is 246 g/mol. The third-order valence-electron chi connectivity index (χ3n) is 4.15. The van der Waals surface area contributed by atoms with Crippen LogP contribution in [0.1, 0.15) is 24.0 Å². The lowest BCUT2D eigenvalue weighted by molar-refractivity contribution is 0.682. The number of nitrogens with zero attached hydrogens (tertiary/aromatic N) is 1. The summed E-state index contributed by atoms with van der Waals surface area (Å²) < 4.78 is 2.32. The Morgan fingerprint density at radius 2 is 1.89 bits per heavy atom. The normalized spacial score (nSPS) is 14.5. The van der Waals surface area contributed by atoms with Crippen LogP contribution in [0.2, 0.25) is 0 Å². The third-order valence-corrected chi connectivity index (χ3v) is 4.15. The molecule has 3 aromatic rings. The zero-order valence-electron chi connectivity index (χ0n) is 10.9. The molecule has 1 nitrogen and oxygen atoms in total. The van der Waals surface area contributed by atoms with Crippen molar-refractivity contribution in [2.75, 3.05) is 0 Å². The van der Waals surface area contributed by atoms with Crippen molar-refractivity contribution in [3.8, 4) is 5.69 Å².